The van der Waals surface area contributed by atoms with E-state index in [1.807, 2.05) is 20.8 Å². The van der Waals surface area contributed by atoms with Gasteiger partial charge in [0.15, 0.2) is 0 Å². The van der Waals surface area contributed by atoms with E-state index in [0.717, 1.165) is 22.8 Å². The average molecular weight is 294 g/mol. The van der Waals surface area contributed by atoms with Crippen molar-refractivity contribution in [3.63, 3.8) is 0 Å². The summed E-state index contributed by atoms with van der Waals surface area (Å²) in [4.78, 5) is 3.44. The molecule has 0 saturated heterocycles. The van der Waals surface area contributed by atoms with E-state index in [1.54, 1.807) is 0 Å². The lowest BCUT2D eigenvalue weighted by Crippen LogP contribution is -2.10. The minimum atomic E-state index is -4.40. The Morgan fingerprint density at radius 2 is 1.67 bits per heavy atom. The van der Waals surface area contributed by atoms with E-state index in [4.69, 9.17) is 0 Å². The second-order valence-corrected chi connectivity index (χ2v) is 5.22. The summed E-state index contributed by atoms with van der Waals surface area (Å²) in [7, 11) is 0. The number of anilines is 1. The van der Waals surface area contributed by atoms with Crippen molar-refractivity contribution >= 4 is 5.69 Å². The second-order valence-electron chi connectivity index (χ2n) is 5.22. The molecule has 2 aromatic rings. The van der Waals surface area contributed by atoms with Gasteiger partial charge in [0.1, 0.15) is 5.69 Å². The van der Waals surface area contributed by atoms with Crippen LogP contribution in [0.15, 0.2) is 36.5 Å². The van der Waals surface area contributed by atoms with Crippen molar-refractivity contribution in [2.75, 3.05) is 5.32 Å². The van der Waals surface area contributed by atoms with Crippen LogP contribution >= 0.6 is 0 Å². The maximum absolute atomic E-state index is 12.5. The molecule has 112 valence electrons. The van der Waals surface area contributed by atoms with Crippen LogP contribution in [0.1, 0.15) is 35.3 Å². The van der Waals surface area contributed by atoms with Gasteiger partial charge in [-0.2, -0.15) is 13.2 Å². The van der Waals surface area contributed by atoms with Gasteiger partial charge in [0.25, 0.3) is 0 Å². The number of aromatic nitrogens is 1. The van der Waals surface area contributed by atoms with Crippen LogP contribution in [-0.2, 0) is 6.18 Å². The van der Waals surface area contributed by atoms with Crippen molar-refractivity contribution in [1.82, 2.24) is 4.98 Å². The largest absolute Gasteiger partial charge is 0.433 e. The van der Waals surface area contributed by atoms with Crippen molar-refractivity contribution in [1.29, 1.82) is 0 Å². The molecule has 2 rings (SSSR count). The van der Waals surface area contributed by atoms with Gasteiger partial charge >= 0.3 is 6.18 Å². The van der Waals surface area contributed by atoms with Gasteiger partial charge < -0.3 is 5.32 Å². The molecule has 0 amide bonds. The lowest BCUT2D eigenvalue weighted by molar-refractivity contribution is -0.141. The fourth-order valence-electron chi connectivity index (χ4n) is 2.24. The Morgan fingerprint density at radius 3 is 2.14 bits per heavy atom. The average Bonchev–Trinajstić information content (AvgIpc) is 2.37. The molecule has 1 unspecified atom stereocenters. The second kappa shape index (κ2) is 5.76. The number of benzene rings is 1. The maximum atomic E-state index is 12.5. The topological polar surface area (TPSA) is 24.9 Å². The highest BCUT2D eigenvalue weighted by Gasteiger charge is 2.32. The lowest BCUT2D eigenvalue weighted by atomic mass is 10.0. The van der Waals surface area contributed by atoms with Gasteiger partial charge in [0.05, 0.1) is 11.9 Å². The smallest absolute Gasteiger partial charge is 0.377 e. The molecule has 0 aliphatic rings. The molecular weight excluding hydrogens is 277 g/mol. The first kappa shape index (κ1) is 15.4. The highest BCUT2D eigenvalue weighted by molar-refractivity contribution is 5.44. The number of rotatable bonds is 3. The Kier molecular flexibility index (Phi) is 4.21. The molecule has 5 heteroatoms. The molecule has 0 aliphatic heterocycles. The monoisotopic (exact) mass is 294 g/mol. The fraction of sp³-hybridized carbons (Fsp3) is 0.312. The number of hydrogen-bond donors (Lipinski definition) is 1. The Bertz CT molecular complexity index is 598. The minimum absolute atomic E-state index is 0.0119. The zero-order valence-electron chi connectivity index (χ0n) is 12.1. The predicted octanol–water partition coefficient (Wildman–Crippen LogP) is 4.89. The Balaban J connectivity index is 2.14. The highest BCUT2D eigenvalue weighted by atomic mass is 19.4. The summed E-state index contributed by atoms with van der Waals surface area (Å²) >= 11 is 0. The first-order valence-electron chi connectivity index (χ1n) is 6.63. The molecule has 1 aromatic heterocycles. The quantitative estimate of drug-likeness (QED) is 0.871. The highest BCUT2D eigenvalue weighted by Crippen LogP contribution is 2.28. The summed E-state index contributed by atoms with van der Waals surface area (Å²) in [6.07, 6.45) is -3.19. The minimum Gasteiger partial charge on any atom is -0.377 e. The standard InChI is InChI=1S/C16H17F3N2/c1-10-6-11(2)8-13(7-10)12(3)21-14-4-5-15(20-9-14)16(17,18)19/h4-9,12,21H,1-3H3. The van der Waals surface area contributed by atoms with Crippen molar-refractivity contribution in [3.05, 3.63) is 58.9 Å². The van der Waals surface area contributed by atoms with Crippen molar-refractivity contribution in [2.45, 2.75) is 33.0 Å². The summed E-state index contributed by atoms with van der Waals surface area (Å²) in [6.45, 7) is 6.00. The molecule has 1 aromatic carbocycles. The summed E-state index contributed by atoms with van der Waals surface area (Å²) in [5.41, 5.74) is 3.09. The number of alkyl halides is 3. The third-order valence-corrected chi connectivity index (χ3v) is 3.18. The van der Waals surface area contributed by atoms with Crippen LogP contribution in [0.4, 0.5) is 18.9 Å². The van der Waals surface area contributed by atoms with Crippen LogP contribution in [-0.4, -0.2) is 4.98 Å². The SMILES string of the molecule is Cc1cc(C)cc(C(C)Nc2ccc(C(F)(F)F)nc2)c1. The van der Waals surface area contributed by atoms with E-state index in [-0.39, 0.29) is 6.04 Å². The van der Waals surface area contributed by atoms with Crippen LogP contribution in [0.3, 0.4) is 0 Å². The molecule has 0 bridgehead atoms. The number of pyridine rings is 1. The summed E-state index contributed by atoms with van der Waals surface area (Å²) in [5, 5.41) is 3.16. The van der Waals surface area contributed by atoms with E-state index in [2.05, 4.69) is 28.5 Å². The van der Waals surface area contributed by atoms with Gasteiger partial charge in [-0.3, -0.25) is 0 Å². The van der Waals surface area contributed by atoms with Crippen LogP contribution < -0.4 is 5.32 Å². The van der Waals surface area contributed by atoms with Gasteiger partial charge in [-0.25, -0.2) is 4.98 Å². The molecule has 1 atom stereocenters. The first-order chi connectivity index (χ1) is 9.75. The molecule has 21 heavy (non-hydrogen) atoms. The van der Waals surface area contributed by atoms with Crippen LogP contribution in [0.5, 0.6) is 0 Å². The molecule has 1 heterocycles. The normalized spacial score (nSPS) is 13.0. The number of hydrogen-bond acceptors (Lipinski definition) is 2. The van der Waals surface area contributed by atoms with E-state index < -0.39 is 11.9 Å². The van der Waals surface area contributed by atoms with Crippen LogP contribution in [0, 0.1) is 13.8 Å². The van der Waals surface area contributed by atoms with E-state index in [9.17, 15) is 13.2 Å². The van der Waals surface area contributed by atoms with Crippen molar-refractivity contribution in [3.8, 4) is 0 Å². The number of nitrogens with zero attached hydrogens (tertiary/aromatic N) is 1. The first-order valence-corrected chi connectivity index (χ1v) is 6.63. The van der Waals surface area contributed by atoms with Gasteiger partial charge in [0.2, 0.25) is 0 Å². The molecule has 0 saturated carbocycles. The zero-order chi connectivity index (χ0) is 15.6. The molecule has 2 nitrogen and oxygen atoms in total. The Morgan fingerprint density at radius 1 is 1.05 bits per heavy atom. The lowest BCUT2D eigenvalue weighted by Gasteiger charge is -2.17. The van der Waals surface area contributed by atoms with E-state index in [1.165, 1.54) is 12.3 Å². The van der Waals surface area contributed by atoms with Crippen molar-refractivity contribution < 1.29 is 13.2 Å². The maximum Gasteiger partial charge on any atom is 0.433 e. The van der Waals surface area contributed by atoms with Gasteiger partial charge in [-0.05, 0) is 38.5 Å². The van der Waals surface area contributed by atoms with E-state index >= 15 is 0 Å². The molecular formula is C16H17F3N2. The number of nitrogens with one attached hydrogen (secondary N) is 1. The molecule has 0 spiro atoms. The molecule has 0 radical (unpaired) electrons. The fourth-order valence-corrected chi connectivity index (χ4v) is 2.24. The Hall–Kier alpha value is -2.04. The van der Waals surface area contributed by atoms with Gasteiger partial charge in [-0.1, -0.05) is 29.3 Å². The number of aryl methyl sites for hydroxylation is 2. The third kappa shape index (κ3) is 3.97. The number of halogens is 3. The van der Waals surface area contributed by atoms with Crippen LogP contribution in [0.2, 0.25) is 0 Å². The third-order valence-electron chi connectivity index (χ3n) is 3.18. The van der Waals surface area contributed by atoms with E-state index in [0.29, 0.717) is 5.69 Å². The Labute approximate surface area is 122 Å². The molecule has 1 N–H and O–H groups in total. The summed E-state index contributed by atoms with van der Waals surface area (Å²) < 4.78 is 37.4. The predicted molar refractivity (Wildman–Crippen MR) is 77.2 cm³/mol. The summed E-state index contributed by atoms with van der Waals surface area (Å²) in [5.74, 6) is 0. The van der Waals surface area contributed by atoms with Crippen LogP contribution in [0.25, 0.3) is 0 Å². The molecule has 0 fully saturated rings. The molecule has 0 aliphatic carbocycles. The zero-order valence-corrected chi connectivity index (χ0v) is 12.1. The van der Waals surface area contributed by atoms with Crippen molar-refractivity contribution in [2.24, 2.45) is 0 Å². The van der Waals surface area contributed by atoms with Gasteiger partial charge in [-0.15, -0.1) is 0 Å². The van der Waals surface area contributed by atoms with Gasteiger partial charge in [0, 0.05) is 6.04 Å². The summed E-state index contributed by atoms with van der Waals surface area (Å²) in [6, 6.07) is 8.56.